The number of nitrogens with one attached hydrogen (secondary N) is 1. The van der Waals surface area contributed by atoms with E-state index in [-0.39, 0.29) is 0 Å². The second kappa shape index (κ2) is 5.66. The molecule has 2 unspecified atom stereocenters. The normalized spacial score (nSPS) is 27.2. The Bertz CT molecular complexity index is 415. The predicted molar refractivity (Wildman–Crippen MR) is 83.7 cm³/mol. The summed E-state index contributed by atoms with van der Waals surface area (Å²) in [6.07, 6.45) is 4.07. The third-order valence-electron chi connectivity index (χ3n) is 4.83. The Morgan fingerprint density at radius 1 is 1.21 bits per heavy atom. The van der Waals surface area contributed by atoms with Gasteiger partial charge in [0.15, 0.2) is 0 Å². The average Bonchev–Trinajstić information content (AvgIpc) is 2.68. The fraction of sp³-hybridized carbons (Fsp3) is 0.667. The van der Waals surface area contributed by atoms with Gasteiger partial charge in [0.2, 0.25) is 0 Å². The smallest absolute Gasteiger partial charge is 0.0104 e. The van der Waals surface area contributed by atoms with Gasteiger partial charge in [-0.25, -0.2) is 0 Å². The minimum Gasteiger partial charge on any atom is -0.314 e. The lowest BCUT2D eigenvalue weighted by molar-refractivity contribution is 0.308. The Hall–Kier alpha value is -0.820. The van der Waals surface area contributed by atoms with E-state index in [1.165, 1.54) is 30.4 Å². The van der Waals surface area contributed by atoms with Crippen LogP contribution < -0.4 is 5.32 Å². The summed E-state index contributed by atoms with van der Waals surface area (Å²) < 4.78 is 0. The van der Waals surface area contributed by atoms with E-state index in [1.54, 1.807) is 5.56 Å². The molecule has 1 saturated carbocycles. The number of aryl methyl sites for hydroxylation is 2. The van der Waals surface area contributed by atoms with Crippen LogP contribution in [0.4, 0.5) is 0 Å². The Kier molecular flexibility index (Phi) is 4.35. The summed E-state index contributed by atoms with van der Waals surface area (Å²) in [7, 11) is 0. The fourth-order valence-electron chi connectivity index (χ4n) is 3.69. The Labute approximate surface area is 118 Å². The lowest BCUT2D eigenvalue weighted by Crippen LogP contribution is -2.42. The summed E-state index contributed by atoms with van der Waals surface area (Å²) in [5, 5.41) is 3.70. The van der Waals surface area contributed by atoms with Crippen LogP contribution in [0, 0.1) is 19.8 Å². The first-order chi connectivity index (χ1) is 8.94. The summed E-state index contributed by atoms with van der Waals surface area (Å²) in [6, 6.07) is 7.68. The minimum absolute atomic E-state index is 0.348. The summed E-state index contributed by atoms with van der Waals surface area (Å²) in [5.74, 6) is 0.778. The maximum absolute atomic E-state index is 3.70. The van der Waals surface area contributed by atoms with Crippen molar-refractivity contribution in [2.75, 3.05) is 6.54 Å². The van der Waals surface area contributed by atoms with E-state index in [2.05, 4.69) is 58.1 Å². The first-order valence-electron chi connectivity index (χ1n) is 7.76. The molecule has 0 aromatic heterocycles. The topological polar surface area (TPSA) is 12.0 Å². The molecular formula is C18H29N. The molecule has 0 aliphatic heterocycles. The first kappa shape index (κ1) is 14.6. The third-order valence-corrected chi connectivity index (χ3v) is 4.83. The van der Waals surface area contributed by atoms with Crippen LogP contribution in [0.25, 0.3) is 0 Å². The highest BCUT2D eigenvalue weighted by atomic mass is 14.9. The van der Waals surface area contributed by atoms with Crippen molar-refractivity contribution in [3.8, 4) is 0 Å². The van der Waals surface area contributed by atoms with Crippen molar-refractivity contribution in [1.82, 2.24) is 5.32 Å². The molecule has 1 heteroatoms. The third kappa shape index (κ3) is 3.02. The van der Waals surface area contributed by atoms with Gasteiger partial charge in [0.05, 0.1) is 0 Å². The first-order valence-corrected chi connectivity index (χ1v) is 7.76. The molecule has 106 valence electrons. The Balaban J connectivity index is 2.36. The minimum atomic E-state index is 0.348. The highest BCUT2D eigenvalue weighted by Crippen LogP contribution is 2.45. The molecule has 1 nitrogen and oxygen atoms in total. The molecule has 1 fully saturated rings. The van der Waals surface area contributed by atoms with E-state index in [0.717, 1.165) is 12.5 Å². The zero-order chi connectivity index (χ0) is 14.0. The van der Waals surface area contributed by atoms with Crippen LogP contribution in [-0.2, 0) is 5.41 Å². The van der Waals surface area contributed by atoms with E-state index >= 15 is 0 Å². The standard InChI is InChI=1S/C18H29N/c1-13(2)19-12-18(8-6-7-16(18)5)17-10-14(3)9-15(4)11-17/h9-11,13,16,19H,6-8,12H2,1-5H3. The van der Waals surface area contributed by atoms with E-state index in [4.69, 9.17) is 0 Å². The van der Waals surface area contributed by atoms with E-state index < -0.39 is 0 Å². The molecule has 1 aromatic carbocycles. The van der Waals surface area contributed by atoms with Crippen molar-refractivity contribution in [3.05, 3.63) is 34.9 Å². The molecule has 1 aliphatic rings. The van der Waals surface area contributed by atoms with Crippen LogP contribution >= 0.6 is 0 Å². The maximum Gasteiger partial charge on any atom is 0.0104 e. The van der Waals surface area contributed by atoms with Gasteiger partial charge in [0.1, 0.15) is 0 Å². The Morgan fingerprint density at radius 3 is 2.32 bits per heavy atom. The highest BCUT2D eigenvalue weighted by Gasteiger charge is 2.41. The molecule has 2 atom stereocenters. The SMILES string of the molecule is Cc1cc(C)cc(C2(CNC(C)C)CCCC2C)c1. The summed E-state index contributed by atoms with van der Waals surface area (Å²) >= 11 is 0. The molecule has 19 heavy (non-hydrogen) atoms. The lowest BCUT2D eigenvalue weighted by Gasteiger charge is -2.36. The maximum atomic E-state index is 3.70. The van der Waals surface area contributed by atoms with Crippen molar-refractivity contribution in [3.63, 3.8) is 0 Å². The van der Waals surface area contributed by atoms with Gasteiger partial charge in [-0.05, 0) is 38.2 Å². The molecular weight excluding hydrogens is 230 g/mol. The van der Waals surface area contributed by atoms with E-state index in [1.807, 2.05) is 0 Å². The van der Waals surface area contributed by atoms with Gasteiger partial charge in [0, 0.05) is 18.0 Å². The van der Waals surface area contributed by atoms with Gasteiger partial charge in [-0.15, -0.1) is 0 Å². The van der Waals surface area contributed by atoms with Crippen molar-refractivity contribution in [1.29, 1.82) is 0 Å². The van der Waals surface area contributed by atoms with Gasteiger partial charge >= 0.3 is 0 Å². The molecule has 1 N–H and O–H groups in total. The molecule has 0 saturated heterocycles. The zero-order valence-electron chi connectivity index (χ0n) is 13.2. The molecule has 1 aliphatic carbocycles. The van der Waals surface area contributed by atoms with Crippen LogP contribution in [0.3, 0.4) is 0 Å². The van der Waals surface area contributed by atoms with Gasteiger partial charge in [-0.1, -0.05) is 56.5 Å². The Morgan fingerprint density at radius 2 is 1.84 bits per heavy atom. The van der Waals surface area contributed by atoms with Crippen molar-refractivity contribution in [2.45, 2.75) is 65.3 Å². The van der Waals surface area contributed by atoms with Gasteiger partial charge < -0.3 is 5.32 Å². The summed E-state index contributed by atoms with van der Waals surface area (Å²) in [4.78, 5) is 0. The predicted octanol–water partition coefficient (Wildman–Crippen LogP) is 4.36. The van der Waals surface area contributed by atoms with Crippen LogP contribution in [0.1, 0.15) is 56.7 Å². The molecule has 2 rings (SSSR count). The zero-order valence-corrected chi connectivity index (χ0v) is 13.2. The van der Waals surface area contributed by atoms with Gasteiger partial charge in [0.25, 0.3) is 0 Å². The van der Waals surface area contributed by atoms with Crippen LogP contribution in [0.5, 0.6) is 0 Å². The summed E-state index contributed by atoms with van der Waals surface area (Å²) in [6.45, 7) is 12.5. The molecule has 1 aromatic rings. The molecule has 0 heterocycles. The number of benzene rings is 1. The van der Waals surface area contributed by atoms with Crippen LogP contribution in [0.15, 0.2) is 18.2 Å². The van der Waals surface area contributed by atoms with Crippen LogP contribution in [0.2, 0.25) is 0 Å². The van der Waals surface area contributed by atoms with Gasteiger partial charge in [-0.3, -0.25) is 0 Å². The molecule has 0 amide bonds. The fourth-order valence-corrected chi connectivity index (χ4v) is 3.69. The quantitative estimate of drug-likeness (QED) is 0.847. The molecule has 0 radical (unpaired) electrons. The molecule has 0 spiro atoms. The average molecular weight is 259 g/mol. The lowest BCUT2D eigenvalue weighted by atomic mass is 9.72. The number of hydrogen-bond donors (Lipinski definition) is 1. The van der Waals surface area contributed by atoms with Gasteiger partial charge in [-0.2, -0.15) is 0 Å². The number of hydrogen-bond acceptors (Lipinski definition) is 1. The highest BCUT2D eigenvalue weighted by molar-refractivity contribution is 5.36. The summed E-state index contributed by atoms with van der Waals surface area (Å²) in [5.41, 5.74) is 4.71. The van der Waals surface area contributed by atoms with E-state index in [9.17, 15) is 0 Å². The number of rotatable bonds is 4. The largest absolute Gasteiger partial charge is 0.314 e. The van der Waals surface area contributed by atoms with Crippen molar-refractivity contribution >= 4 is 0 Å². The van der Waals surface area contributed by atoms with Crippen molar-refractivity contribution < 1.29 is 0 Å². The second-order valence-corrected chi connectivity index (χ2v) is 6.86. The van der Waals surface area contributed by atoms with E-state index in [0.29, 0.717) is 11.5 Å². The molecule has 0 bridgehead atoms. The monoisotopic (exact) mass is 259 g/mol. The second-order valence-electron chi connectivity index (χ2n) is 6.86. The van der Waals surface area contributed by atoms with Crippen LogP contribution in [-0.4, -0.2) is 12.6 Å². The van der Waals surface area contributed by atoms with Crippen molar-refractivity contribution in [2.24, 2.45) is 5.92 Å².